The summed E-state index contributed by atoms with van der Waals surface area (Å²) in [5.41, 5.74) is 2.96. The Hall–Kier alpha value is -2.37. The van der Waals surface area contributed by atoms with Crippen molar-refractivity contribution in [1.82, 2.24) is 25.4 Å². The van der Waals surface area contributed by atoms with Crippen LogP contribution in [0.5, 0.6) is 0 Å². The maximum absolute atomic E-state index is 12.8. The van der Waals surface area contributed by atoms with E-state index in [0.717, 1.165) is 34.8 Å². The van der Waals surface area contributed by atoms with Crippen LogP contribution in [-0.4, -0.2) is 26.3 Å². The van der Waals surface area contributed by atoms with E-state index in [2.05, 4.69) is 26.4 Å². The predicted octanol–water partition coefficient (Wildman–Crippen LogP) is 4.83. The molecular formula is C25H33N5O. The first-order valence-corrected chi connectivity index (χ1v) is 12.2. The summed E-state index contributed by atoms with van der Waals surface area (Å²) in [6.45, 7) is 0.456. The first-order chi connectivity index (χ1) is 15.2. The van der Waals surface area contributed by atoms with E-state index in [0.29, 0.717) is 12.6 Å². The van der Waals surface area contributed by atoms with Crippen molar-refractivity contribution >= 4 is 6.03 Å². The SMILES string of the molecule is O=C(NCc1cc(-c2ccccn2)n(C2CCCC2)n1)NC12CC3CC(CC(C3)C1)C2. The Morgan fingerprint density at radius 2 is 1.77 bits per heavy atom. The summed E-state index contributed by atoms with van der Waals surface area (Å²) in [7, 11) is 0. The van der Waals surface area contributed by atoms with Gasteiger partial charge in [-0.25, -0.2) is 4.79 Å². The molecule has 7 rings (SSSR count). The van der Waals surface area contributed by atoms with Gasteiger partial charge in [0.25, 0.3) is 0 Å². The lowest BCUT2D eigenvalue weighted by Crippen LogP contribution is -2.61. The number of urea groups is 1. The van der Waals surface area contributed by atoms with Crippen LogP contribution in [0.1, 0.15) is 75.9 Å². The summed E-state index contributed by atoms with van der Waals surface area (Å²) in [6, 6.07) is 8.51. The van der Waals surface area contributed by atoms with E-state index in [1.165, 1.54) is 64.2 Å². The van der Waals surface area contributed by atoms with Gasteiger partial charge in [-0.05, 0) is 87.3 Å². The highest BCUT2D eigenvalue weighted by atomic mass is 16.2. The van der Waals surface area contributed by atoms with E-state index in [-0.39, 0.29) is 11.6 Å². The molecule has 0 unspecified atom stereocenters. The van der Waals surface area contributed by atoms with Gasteiger partial charge >= 0.3 is 6.03 Å². The maximum atomic E-state index is 12.8. The fourth-order valence-electron chi connectivity index (χ4n) is 7.38. The number of pyridine rings is 1. The van der Waals surface area contributed by atoms with Crippen molar-refractivity contribution < 1.29 is 4.79 Å². The van der Waals surface area contributed by atoms with Gasteiger partial charge in [-0.3, -0.25) is 9.67 Å². The number of amides is 2. The minimum absolute atomic E-state index is 0.0308. The molecule has 0 radical (unpaired) electrons. The Kier molecular flexibility index (Phi) is 4.77. The molecule has 164 valence electrons. The van der Waals surface area contributed by atoms with Gasteiger partial charge in [0.05, 0.1) is 29.7 Å². The van der Waals surface area contributed by atoms with Gasteiger partial charge in [-0.2, -0.15) is 5.10 Å². The average Bonchev–Trinajstić information content (AvgIpc) is 3.41. The molecule has 31 heavy (non-hydrogen) atoms. The topological polar surface area (TPSA) is 71.8 Å². The first-order valence-electron chi connectivity index (χ1n) is 12.2. The zero-order valence-corrected chi connectivity index (χ0v) is 18.2. The Labute approximate surface area is 184 Å². The van der Waals surface area contributed by atoms with Crippen LogP contribution in [0.4, 0.5) is 4.79 Å². The van der Waals surface area contributed by atoms with Crippen LogP contribution in [0.2, 0.25) is 0 Å². The minimum Gasteiger partial charge on any atom is -0.333 e. The Morgan fingerprint density at radius 1 is 1.06 bits per heavy atom. The molecule has 0 spiro atoms. The van der Waals surface area contributed by atoms with Crippen molar-refractivity contribution in [2.24, 2.45) is 17.8 Å². The van der Waals surface area contributed by atoms with Crippen LogP contribution in [0.15, 0.2) is 30.5 Å². The zero-order valence-electron chi connectivity index (χ0n) is 18.2. The molecule has 5 saturated carbocycles. The van der Waals surface area contributed by atoms with Crippen LogP contribution in [0.3, 0.4) is 0 Å². The molecule has 0 aromatic carbocycles. The molecule has 4 bridgehead atoms. The maximum Gasteiger partial charge on any atom is 0.315 e. The molecule has 2 aromatic heterocycles. The second-order valence-electron chi connectivity index (χ2n) is 10.6. The summed E-state index contributed by atoms with van der Waals surface area (Å²) < 4.78 is 2.16. The summed E-state index contributed by atoms with van der Waals surface area (Å²) in [4.78, 5) is 17.4. The van der Waals surface area contributed by atoms with E-state index in [1.54, 1.807) is 0 Å². The molecular weight excluding hydrogens is 386 g/mol. The fraction of sp³-hybridized carbons (Fsp3) is 0.640. The van der Waals surface area contributed by atoms with Crippen LogP contribution < -0.4 is 10.6 Å². The van der Waals surface area contributed by atoms with Crippen molar-refractivity contribution in [3.63, 3.8) is 0 Å². The molecule has 2 heterocycles. The monoisotopic (exact) mass is 419 g/mol. The Bertz CT molecular complexity index is 911. The van der Waals surface area contributed by atoms with Crippen molar-refractivity contribution in [2.75, 3.05) is 0 Å². The van der Waals surface area contributed by atoms with Gasteiger partial charge in [-0.1, -0.05) is 18.9 Å². The third kappa shape index (κ3) is 3.74. The van der Waals surface area contributed by atoms with E-state index < -0.39 is 0 Å². The average molecular weight is 420 g/mol. The summed E-state index contributed by atoms with van der Waals surface area (Å²) in [5.74, 6) is 2.48. The van der Waals surface area contributed by atoms with Gasteiger partial charge in [0.1, 0.15) is 0 Å². The molecule has 5 aliphatic rings. The second kappa shape index (κ2) is 7.64. The number of aromatic nitrogens is 3. The number of nitrogens with one attached hydrogen (secondary N) is 2. The molecule has 2 aromatic rings. The van der Waals surface area contributed by atoms with Gasteiger partial charge in [-0.15, -0.1) is 0 Å². The second-order valence-corrected chi connectivity index (χ2v) is 10.6. The van der Waals surface area contributed by atoms with Gasteiger partial charge in [0.15, 0.2) is 0 Å². The van der Waals surface area contributed by atoms with E-state index >= 15 is 0 Å². The largest absolute Gasteiger partial charge is 0.333 e. The molecule has 5 fully saturated rings. The zero-order chi connectivity index (χ0) is 20.8. The van der Waals surface area contributed by atoms with Gasteiger partial charge in [0.2, 0.25) is 0 Å². The molecule has 5 aliphatic carbocycles. The predicted molar refractivity (Wildman–Crippen MR) is 119 cm³/mol. The lowest BCUT2D eigenvalue weighted by molar-refractivity contribution is -0.0135. The molecule has 0 aliphatic heterocycles. The van der Waals surface area contributed by atoms with E-state index in [4.69, 9.17) is 5.10 Å². The Morgan fingerprint density at radius 3 is 2.42 bits per heavy atom. The van der Waals surface area contributed by atoms with E-state index in [1.807, 2.05) is 24.4 Å². The van der Waals surface area contributed by atoms with Crippen molar-refractivity contribution in [3.05, 3.63) is 36.2 Å². The minimum atomic E-state index is -0.0308. The highest BCUT2D eigenvalue weighted by Gasteiger charge is 2.51. The molecule has 0 saturated heterocycles. The quantitative estimate of drug-likeness (QED) is 0.729. The molecule has 2 amide bonds. The first kappa shape index (κ1) is 19.3. The Balaban J connectivity index is 1.15. The molecule has 6 heteroatoms. The number of nitrogens with zero attached hydrogens (tertiary/aromatic N) is 3. The highest BCUT2D eigenvalue weighted by Crippen LogP contribution is 2.55. The summed E-state index contributed by atoms with van der Waals surface area (Å²) >= 11 is 0. The van der Waals surface area contributed by atoms with Crippen molar-refractivity contribution in [2.45, 2.75) is 82.3 Å². The number of hydrogen-bond donors (Lipinski definition) is 2. The summed E-state index contributed by atoms with van der Waals surface area (Å²) in [5, 5.41) is 11.4. The normalized spacial score (nSPS) is 31.8. The lowest BCUT2D eigenvalue weighted by Gasteiger charge is -2.56. The number of hydrogen-bond acceptors (Lipinski definition) is 3. The third-order valence-corrected chi connectivity index (χ3v) is 8.23. The molecule has 0 atom stereocenters. The molecule has 6 nitrogen and oxygen atoms in total. The van der Waals surface area contributed by atoms with Gasteiger partial charge in [0, 0.05) is 11.7 Å². The standard InChI is InChI=1S/C25H33N5O/c31-24(28-25-13-17-9-18(14-25)11-19(10-17)15-25)27-16-20-12-23(22-7-3-4-8-26-22)30(29-20)21-5-1-2-6-21/h3-4,7-8,12,17-19,21H,1-2,5-6,9-11,13-16H2,(H2,27,28,31). The number of carbonyl (C=O) groups excluding carboxylic acids is 1. The number of carbonyl (C=O) groups is 1. The molecule has 2 N–H and O–H groups in total. The van der Waals surface area contributed by atoms with Crippen molar-refractivity contribution in [1.29, 1.82) is 0 Å². The van der Waals surface area contributed by atoms with E-state index in [9.17, 15) is 4.79 Å². The lowest BCUT2D eigenvalue weighted by atomic mass is 9.53. The van der Waals surface area contributed by atoms with Crippen LogP contribution >= 0.6 is 0 Å². The van der Waals surface area contributed by atoms with Crippen LogP contribution in [0, 0.1) is 17.8 Å². The fourth-order valence-corrected chi connectivity index (χ4v) is 7.38. The van der Waals surface area contributed by atoms with Gasteiger partial charge < -0.3 is 10.6 Å². The van der Waals surface area contributed by atoms with Crippen LogP contribution in [0.25, 0.3) is 11.4 Å². The smallest absolute Gasteiger partial charge is 0.315 e. The summed E-state index contributed by atoms with van der Waals surface area (Å²) in [6.07, 6.45) is 14.4. The van der Waals surface area contributed by atoms with Crippen molar-refractivity contribution in [3.8, 4) is 11.4 Å². The highest BCUT2D eigenvalue weighted by molar-refractivity contribution is 5.75. The van der Waals surface area contributed by atoms with Crippen LogP contribution in [-0.2, 0) is 6.54 Å². The third-order valence-electron chi connectivity index (χ3n) is 8.23. The number of rotatable bonds is 5.